The molecular formula is C26H30F5N7O4S. The molecule has 1 aliphatic heterocycles. The quantitative estimate of drug-likeness (QED) is 0.239. The lowest BCUT2D eigenvalue weighted by Crippen LogP contribution is -2.47. The molecule has 234 valence electrons. The maximum Gasteiger partial charge on any atom is 0.416 e. The molecule has 2 aromatic heterocycles. The zero-order chi connectivity index (χ0) is 31.1. The fraction of sp³-hybridized carbons (Fsp3) is 0.462. The van der Waals surface area contributed by atoms with Crippen LogP contribution in [0.2, 0.25) is 0 Å². The highest BCUT2D eigenvalue weighted by Crippen LogP contribution is 2.42. The molecule has 0 saturated carbocycles. The highest BCUT2D eigenvalue weighted by molar-refractivity contribution is 7.20. The summed E-state index contributed by atoms with van der Waals surface area (Å²) in [6.45, 7) is 2.41. The Morgan fingerprint density at radius 3 is 2.53 bits per heavy atom. The molecule has 0 bridgehead atoms. The number of carboxylic acid groups (broad SMARTS) is 1. The minimum Gasteiger partial charge on any atom is -0.481 e. The summed E-state index contributed by atoms with van der Waals surface area (Å²) in [5, 5.41) is 21.7. The number of hydrogen-bond donors (Lipinski definition) is 3. The number of aromatic nitrogens is 3. The molecule has 0 atom stereocenters. The Labute approximate surface area is 247 Å². The van der Waals surface area contributed by atoms with E-state index in [-0.39, 0.29) is 60.7 Å². The first-order valence-electron chi connectivity index (χ1n) is 13.2. The number of nitrogens with one attached hydrogen (secondary N) is 1. The molecule has 0 aliphatic carbocycles. The number of anilines is 4. The van der Waals surface area contributed by atoms with Gasteiger partial charge in [0.15, 0.2) is 16.8 Å². The molecule has 1 saturated heterocycles. The van der Waals surface area contributed by atoms with E-state index in [1.54, 1.807) is 9.80 Å². The molecule has 3 aromatic rings. The number of carbonyl (C=O) groups is 1. The molecule has 0 unspecified atom stereocenters. The van der Waals surface area contributed by atoms with Gasteiger partial charge in [0.2, 0.25) is 5.82 Å². The van der Waals surface area contributed by atoms with Crippen molar-refractivity contribution in [1.29, 1.82) is 0 Å². The summed E-state index contributed by atoms with van der Waals surface area (Å²) in [5.74, 6) is -3.00. The summed E-state index contributed by atoms with van der Waals surface area (Å²) < 4.78 is 75.6. The Bertz CT molecular complexity index is 1400. The van der Waals surface area contributed by atoms with Gasteiger partial charge >= 0.3 is 12.1 Å². The highest BCUT2D eigenvalue weighted by Gasteiger charge is 2.32. The van der Waals surface area contributed by atoms with Crippen LogP contribution in [-0.4, -0.2) is 102 Å². The number of alkyl halides is 3. The van der Waals surface area contributed by atoms with Crippen LogP contribution in [0.1, 0.15) is 12.0 Å². The van der Waals surface area contributed by atoms with Crippen molar-refractivity contribution in [3.8, 4) is 11.3 Å². The average molecular weight is 632 g/mol. The second kappa shape index (κ2) is 14.2. The highest BCUT2D eigenvalue weighted by atomic mass is 32.1. The van der Waals surface area contributed by atoms with Gasteiger partial charge in [0.25, 0.3) is 0 Å². The van der Waals surface area contributed by atoms with Crippen LogP contribution in [0.3, 0.4) is 0 Å². The van der Waals surface area contributed by atoms with Crippen molar-refractivity contribution in [1.82, 2.24) is 19.9 Å². The van der Waals surface area contributed by atoms with Crippen LogP contribution in [-0.2, 0) is 15.7 Å². The van der Waals surface area contributed by atoms with Crippen molar-refractivity contribution in [2.45, 2.75) is 12.6 Å². The van der Waals surface area contributed by atoms with Crippen LogP contribution in [0.25, 0.3) is 11.3 Å². The number of aliphatic hydroxyl groups is 1. The monoisotopic (exact) mass is 631 g/mol. The SMILES string of the molecule is COCCN(CCO)c1sc(Nc2ncnc(N3CCN(CCC(=O)O)CC3)c2F)nc1-c1cc(F)cc(C(F)(F)F)c1. The number of methoxy groups -OCH3 is 1. The predicted molar refractivity (Wildman–Crippen MR) is 150 cm³/mol. The predicted octanol–water partition coefficient (Wildman–Crippen LogP) is 3.68. The standard InChI is InChI=1S/C26H30F5N7O4S/c1-42-11-9-38(8-10-39)24-21(16-12-17(26(29,30)31)14-18(27)13-16)34-25(43-24)35-22-20(28)23(33-15-32-22)37-6-4-36(5-7-37)3-2-19(40)41/h12-15,39H,2-11H2,1H3,(H,40,41)(H,32,33,34,35). The van der Waals surface area contributed by atoms with Crippen molar-refractivity contribution in [3.05, 3.63) is 41.7 Å². The van der Waals surface area contributed by atoms with E-state index < -0.39 is 29.3 Å². The van der Waals surface area contributed by atoms with E-state index in [1.165, 1.54) is 7.11 Å². The number of hydrogen-bond acceptors (Lipinski definition) is 11. The third kappa shape index (κ3) is 8.25. The molecule has 3 heterocycles. The van der Waals surface area contributed by atoms with E-state index in [4.69, 9.17) is 9.84 Å². The van der Waals surface area contributed by atoms with Gasteiger partial charge in [0, 0.05) is 58.5 Å². The van der Waals surface area contributed by atoms with E-state index >= 15 is 4.39 Å². The molecule has 1 aromatic carbocycles. The number of nitrogens with zero attached hydrogens (tertiary/aromatic N) is 6. The number of piperazine rings is 1. The molecule has 1 fully saturated rings. The van der Waals surface area contributed by atoms with Crippen molar-refractivity contribution < 1.29 is 41.7 Å². The first-order chi connectivity index (χ1) is 20.5. The number of ether oxygens (including phenoxy) is 1. The van der Waals surface area contributed by atoms with Crippen LogP contribution in [0.5, 0.6) is 0 Å². The zero-order valence-corrected chi connectivity index (χ0v) is 23.9. The summed E-state index contributed by atoms with van der Waals surface area (Å²) in [6, 6.07) is 2.08. The third-order valence-electron chi connectivity index (χ3n) is 6.64. The molecule has 0 amide bonds. The zero-order valence-electron chi connectivity index (χ0n) is 23.1. The number of aliphatic carboxylic acids is 1. The number of benzene rings is 1. The van der Waals surface area contributed by atoms with Gasteiger partial charge in [-0.15, -0.1) is 0 Å². The third-order valence-corrected chi connectivity index (χ3v) is 7.67. The molecule has 3 N–H and O–H groups in total. The maximum atomic E-state index is 15.6. The van der Waals surface area contributed by atoms with E-state index in [9.17, 15) is 27.5 Å². The smallest absolute Gasteiger partial charge is 0.416 e. The van der Waals surface area contributed by atoms with Gasteiger partial charge in [0.05, 0.1) is 25.2 Å². The molecule has 43 heavy (non-hydrogen) atoms. The van der Waals surface area contributed by atoms with Gasteiger partial charge in [-0.05, 0) is 18.2 Å². The van der Waals surface area contributed by atoms with Gasteiger partial charge < -0.3 is 30.1 Å². The molecule has 1 aliphatic rings. The Hall–Kier alpha value is -3.67. The molecule has 0 radical (unpaired) electrons. The van der Waals surface area contributed by atoms with Gasteiger partial charge in [-0.1, -0.05) is 11.3 Å². The van der Waals surface area contributed by atoms with Crippen LogP contribution >= 0.6 is 11.3 Å². The van der Waals surface area contributed by atoms with Crippen molar-refractivity contribution in [3.63, 3.8) is 0 Å². The fourth-order valence-corrected chi connectivity index (χ4v) is 5.54. The van der Waals surface area contributed by atoms with Gasteiger partial charge in [-0.25, -0.2) is 19.3 Å². The van der Waals surface area contributed by atoms with Gasteiger partial charge in [-0.3, -0.25) is 9.69 Å². The molecular weight excluding hydrogens is 601 g/mol. The summed E-state index contributed by atoms with van der Waals surface area (Å²) in [4.78, 5) is 28.6. The number of thiazole rings is 1. The second-order valence-electron chi connectivity index (χ2n) is 9.56. The summed E-state index contributed by atoms with van der Waals surface area (Å²) >= 11 is 0.963. The van der Waals surface area contributed by atoms with Crippen LogP contribution < -0.4 is 15.1 Å². The fourth-order valence-electron chi connectivity index (χ4n) is 4.50. The van der Waals surface area contributed by atoms with E-state index in [1.807, 2.05) is 4.90 Å². The van der Waals surface area contributed by atoms with Crippen molar-refractivity contribution in [2.24, 2.45) is 0 Å². The lowest BCUT2D eigenvalue weighted by molar-refractivity contribution is -0.138. The van der Waals surface area contributed by atoms with Gasteiger partial charge in [0.1, 0.15) is 22.8 Å². The Balaban J connectivity index is 1.65. The summed E-state index contributed by atoms with van der Waals surface area (Å²) in [5.41, 5.74) is -1.36. The van der Waals surface area contributed by atoms with E-state index in [0.717, 1.165) is 29.8 Å². The Morgan fingerprint density at radius 2 is 1.88 bits per heavy atom. The van der Waals surface area contributed by atoms with Crippen molar-refractivity contribution >= 4 is 39.1 Å². The average Bonchev–Trinajstić information content (AvgIpc) is 3.38. The van der Waals surface area contributed by atoms with Crippen LogP contribution in [0.4, 0.5) is 43.7 Å². The number of rotatable bonds is 13. The number of carboxylic acids is 1. The molecule has 17 heteroatoms. The Kier molecular flexibility index (Phi) is 10.6. The first-order valence-corrected chi connectivity index (χ1v) is 14.0. The van der Waals surface area contributed by atoms with E-state index in [0.29, 0.717) is 43.8 Å². The lowest BCUT2D eigenvalue weighted by atomic mass is 10.1. The van der Waals surface area contributed by atoms with Crippen LogP contribution in [0, 0.1) is 11.6 Å². The van der Waals surface area contributed by atoms with Gasteiger partial charge in [-0.2, -0.15) is 17.6 Å². The van der Waals surface area contributed by atoms with Crippen LogP contribution in [0.15, 0.2) is 24.5 Å². The molecule has 0 spiro atoms. The normalized spacial score (nSPS) is 14.3. The first kappa shape index (κ1) is 32.2. The number of halogens is 5. The molecule has 11 nitrogen and oxygen atoms in total. The molecule has 4 rings (SSSR count). The number of aliphatic hydroxyl groups excluding tert-OH is 1. The maximum absolute atomic E-state index is 15.6. The Morgan fingerprint density at radius 1 is 1.14 bits per heavy atom. The van der Waals surface area contributed by atoms with Crippen molar-refractivity contribution in [2.75, 3.05) is 81.3 Å². The summed E-state index contributed by atoms with van der Waals surface area (Å²) in [7, 11) is 1.46. The topological polar surface area (TPSA) is 127 Å². The van der Waals surface area contributed by atoms with E-state index in [2.05, 4.69) is 20.3 Å². The minimum absolute atomic E-state index is 0.00205. The minimum atomic E-state index is -4.81. The summed E-state index contributed by atoms with van der Waals surface area (Å²) in [6.07, 6.45) is -3.65. The second-order valence-corrected chi connectivity index (χ2v) is 10.5. The lowest BCUT2D eigenvalue weighted by Gasteiger charge is -2.35. The largest absolute Gasteiger partial charge is 0.481 e.